The SMILES string of the molecule is CCC(C)n1ncn(-c2ccc(N3CCN(c4ccc(OC[C@H]5OC[C@](Cn6cncn6)(c6ccc(F)cc6F)O5)cc4)CC3)cc2)c1=O. The Bertz CT molecular complexity index is 1910. The number of rotatable bonds is 11. The van der Waals surface area contributed by atoms with Crippen LogP contribution in [-0.4, -0.2) is 74.8 Å². The first-order chi connectivity index (χ1) is 23.8. The van der Waals surface area contributed by atoms with Gasteiger partial charge in [0, 0.05) is 49.2 Å². The molecule has 2 aliphatic rings. The summed E-state index contributed by atoms with van der Waals surface area (Å²) in [6.07, 6.45) is 4.53. The summed E-state index contributed by atoms with van der Waals surface area (Å²) in [5.41, 5.74) is 1.81. The van der Waals surface area contributed by atoms with Crippen molar-refractivity contribution in [3.8, 4) is 11.4 Å². The first kappa shape index (κ1) is 32.5. The van der Waals surface area contributed by atoms with E-state index < -0.39 is 23.5 Å². The van der Waals surface area contributed by atoms with Crippen molar-refractivity contribution >= 4 is 11.4 Å². The van der Waals surface area contributed by atoms with Gasteiger partial charge in [0.2, 0.25) is 0 Å². The summed E-state index contributed by atoms with van der Waals surface area (Å²) in [7, 11) is 0. The van der Waals surface area contributed by atoms with Crippen molar-refractivity contribution in [2.75, 3.05) is 49.2 Å². The Morgan fingerprint density at radius 2 is 1.59 bits per heavy atom. The van der Waals surface area contributed by atoms with E-state index in [0.29, 0.717) is 5.75 Å². The number of piperazine rings is 1. The molecule has 0 N–H and O–H groups in total. The molecule has 0 saturated carbocycles. The third-order valence-electron chi connectivity index (χ3n) is 9.23. The molecule has 7 rings (SSSR count). The Balaban J connectivity index is 0.925. The van der Waals surface area contributed by atoms with Gasteiger partial charge in [0.25, 0.3) is 0 Å². The topological polar surface area (TPSA) is 105 Å². The fraction of sp³-hybridized carbons (Fsp3) is 0.371. The molecule has 0 radical (unpaired) electrons. The summed E-state index contributed by atoms with van der Waals surface area (Å²) in [6, 6.07) is 19.3. The molecule has 0 bridgehead atoms. The van der Waals surface area contributed by atoms with Crippen LogP contribution in [0.5, 0.6) is 5.75 Å². The number of ether oxygens (including phenoxy) is 3. The number of hydrogen-bond acceptors (Lipinski definition) is 9. The van der Waals surface area contributed by atoms with Gasteiger partial charge in [0.05, 0.1) is 24.9 Å². The Kier molecular flexibility index (Phi) is 9.15. The summed E-state index contributed by atoms with van der Waals surface area (Å²) in [6.45, 7) is 7.66. The molecule has 2 aliphatic heterocycles. The van der Waals surface area contributed by atoms with Gasteiger partial charge in [-0.1, -0.05) is 13.0 Å². The fourth-order valence-electron chi connectivity index (χ4n) is 6.31. The van der Waals surface area contributed by atoms with Crippen LogP contribution in [0.3, 0.4) is 0 Å². The van der Waals surface area contributed by atoms with Gasteiger partial charge in [-0.2, -0.15) is 10.2 Å². The molecular formula is C35H38F2N8O4. The smallest absolute Gasteiger partial charge is 0.350 e. The first-order valence-electron chi connectivity index (χ1n) is 16.4. The average molecular weight is 673 g/mol. The Labute approximate surface area is 282 Å². The summed E-state index contributed by atoms with van der Waals surface area (Å²) in [5, 5.41) is 8.41. The standard InChI is InChI=1S/C35H38F2N8O4/c1-3-25(2)45-34(46)44(24-40-45)29-7-5-27(6-8-29)41-14-16-42(17-15-41)28-9-11-30(12-10-28)47-19-33-48-21-35(49-33,20-43-23-38-22-39-43)31-13-4-26(36)18-32(31)37/h4-13,18,22-25,33H,3,14-17,19-21H2,1-2H3/t25?,33-,35+/m0/s1. The minimum Gasteiger partial charge on any atom is -0.488 e. The van der Waals surface area contributed by atoms with E-state index in [1.165, 1.54) is 34.2 Å². The molecule has 2 saturated heterocycles. The maximum Gasteiger partial charge on any atom is 0.350 e. The van der Waals surface area contributed by atoms with Crippen LogP contribution in [-0.2, 0) is 21.6 Å². The van der Waals surface area contributed by atoms with Crippen molar-refractivity contribution in [3.63, 3.8) is 0 Å². The Hall–Kier alpha value is -5.08. The Morgan fingerprint density at radius 1 is 0.918 bits per heavy atom. The van der Waals surface area contributed by atoms with Gasteiger partial charge in [-0.15, -0.1) is 0 Å². The van der Waals surface area contributed by atoms with E-state index in [4.69, 9.17) is 14.2 Å². The van der Waals surface area contributed by atoms with Crippen LogP contribution in [0.1, 0.15) is 31.9 Å². The van der Waals surface area contributed by atoms with Crippen LogP contribution < -0.4 is 20.2 Å². The monoisotopic (exact) mass is 672 g/mol. The quantitative estimate of drug-likeness (QED) is 0.200. The van der Waals surface area contributed by atoms with E-state index in [0.717, 1.165) is 55.7 Å². The largest absolute Gasteiger partial charge is 0.488 e. The van der Waals surface area contributed by atoms with Crippen LogP contribution in [0.2, 0.25) is 0 Å². The molecule has 2 fully saturated rings. The molecule has 12 nitrogen and oxygen atoms in total. The highest BCUT2D eigenvalue weighted by molar-refractivity contribution is 5.54. The van der Waals surface area contributed by atoms with Crippen LogP contribution in [0.4, 0.5) is 20.2 Å². The van der Waals surface area contributed by atoms with Crippen molar-refractivity contribution in [2.45, 2.75) is 44.7 Å². The van der Waals surface area contributed by atoms with Crippen LogP contribution in [0.15, 0.2) is 90.5 Å². The minimum absolute atomic E-state index is 0.0303. The van der Waals surface area contributed by atoms with Crippen molar-refractivity contribution < 1.29 is 23.0 Å². The van der Waals surface area contributed by atoms with E-state index in [1.54, 1.807) is 10.9 Å². The zero-order valence-electron chi connectivity index (χ0n) is 27.4. The molecule has 14 heteroatoms. The van der Waals surface area contributed by atoms with Gasteiger partial charge >= 0.3 is 5.69 Å². The number of benzene rings is 3. The predicted molar refractivity (Wildman–Crippen MR) is 178 cm³/mol. The van der Waals surface area contributed by atoms with Crippen molar-refractivity contribution in [1.29, 1.82) is 0 Å². The molecule has 0 amide bonds. The Morgan fingerprint density at radius 3 is 2.22 bits per heavy atom. The zero-order chi connectivity index (χ0) is 34.0. The van der Waals surface area contributed by atoms with E-state index >= 15 is 0 Å². The van der Waals surface area contributed by atoms with Crippen molar-refractivity contribution in [2.24, 2.45) is 0 Å². The summed E-state index contributed by atoms with van der Waals surface area (Å²) in [5.74, 6) is -0.752. The lowest BCUT2D eigenvalue weighted by Crippen LogP contribution is -2.46. The lowest BCUT2D eigenvalue weighted by Gasteiger charge is -2.37. The second-order valence-electron chi connectivity index (χ2n) is 12.4. The van der Waals surface area contributed by atoms with E-state index in [2.05, 4.69) is 37.1 Å². The molecule has 3 atom stereocenters. The van der Waals surface area contributed by atoms with E-state index in [1.807, 2.05) is 50.2 Å². The van der Waals surface area contributed by atoms with Gasteiger partial charge in [0.1, 0.15) is 48.6 Å². The molecule has 3 aromatic carbocycles. The summed E-state index contributed by atoms with van der Waals surface area (Å²) in [4.78, 5) is 21.4. The van der Waals surface area contributed by atoms with Gasteiger partial charge in [0.15, 0.2) is 6.29 Å². The lowest BCUT2D eigenvalue weighted by molar-refractivity contribution is -0.117. The third-order valence-corrected chi connectivity index (χ3v) is 9.23. The predicted octanol–water partition coefficient (Wildman–Crippen LogP) is 4.55. The van der Waals surface area contributed by atoms with Gasteiger partial charge in [-0.3, -0.25) is 0 Å². The second kappa shape index (κ2) is 13.8. The molecule has 256 valence electrons. The van der Waals surface area contributed by atoms with Gasteiger partial charge in [-0.05, 0) is 67.9 Å². The second-order valence-corrected chi connectivity index (χ2v) is 12.4. The highest BCUT2D eigenvalue weighted by atomic mass is 19.1. The third kappa shape index (κ3) is 6.78. The molecule has 2 aromatic heterocycles. The zero-order valence-corrected chi connectivity index (χ0v) is 27.4. The number of halogens is 2. The molecule has 0 spiro atoms. The van der Waals surface area contributed by atoms with Crippen LogP contribution in [0, 0.1) is 11.6 Å². The van der Waals surface area contributed by atoms with Crippen molar-refractivity contribution in [1.82, 2.24) is 29.1 Å². The first-order valence-corrected chi connectivity index (χ1v) is 16.4. The minimum atomic E-state index is -1.23. The normalized spacial score (nSPS) is 20.1. The highest BCUT2D eigenvalue weighted by Gasteiger charge is 2.45. The number of nitrogens with zero attached hydrogens (tertiary/aromatic N) is 8. The number of aromatic nitrogens is 6. The summed E-state index contributed by atoms with van der Waals surface area (Å²) >= 11 is 0. The number of anilines is 2. The molecule has 4 heterocycles. The van der Waals surface area contributed by atoms with Gasteiger partial charge in [-0.25, -0.2) is 32.5 Å². The fourth-order valence-corrected chi connectivity index (χ4v) is 6.31. The average Bonchev–Trinajstić information content (AvgIpc) is 3.88. The van der Waals surface area contributed by atoms with Crippen molar-refractivity contribution in [3.05, 3.63) is 113 Å². The molecule has 1 unspecified atom stereocenters. The molecular weight excluding hydrogens is 634 g/mol. The van der Waals surface area contributed by atoms with Gasteiger partial charge < -0.3 is 24.0 Å². The van der Waals surface area contributed by atoms with E-state index in [-0.39, 0.29) is 37.1 Å². The molecule has 0 aliphatic carbocycles. The van der Waals surface area contributed by atoms with E-state index in [9.17, 15) is 13.6 Å². The maximum absolute atomic E-state index is 14.9. The highest BCUT2D eigenvalue weighted by Crippen LogP contribution is 2.37. The molecule has 49 heavy (non-hydrogen) atoms. The maximum atomic E-state index is 14.9. The van der Waals surface area contributed by atoms with Crippen LogP contribution in [0.25, 0.3) is 5.69 Å². The molecule has 5 aromatic rings. The lowest BCUT2D eigenvalue weighted by atomic mass is 9.94. The van der Waals surface area contributed by atoms with Crippen LogP contribution >= 0.6 is 0 Å². The summed E-state index contributed by atoms with van der Waals surface area (Å²) < 4.78 is 51.3. The number of hydrogen-bond donors (Lipinski definition) is 0.